The Morgan fingerprint density at radius 1 is 1.30 bits per heavy atom. The lowest BCUT2D eigenvalue weighted by atomic mass is 10.2. The monoisotopic (exact) mass is 385 g/mol. The minimum atomic E-state index is -0.614. The average Bonchev–Trinajstić information content (AvgIpc) is 3.18. The quantitative estimate of drug-likeness (QED) is 0.658. The third-order valence-corrected chi connectivity index (χ3v) is 4.91. The molecule has 0 spiro atoms. The normalized spacial score (nSPS) is 10.7. The molecule has 0 aliphatic rings. The third-order valence-electron chi connectivity index (χ3n) is 4.04. The van der Waals surface area contributed by atoms with Gasteiger partial charge in [0.05, 0.1) is 23.1 Å². The van der Waals surface area contributed by atoms with Crippen LogP contribution in [0.4, 0.5) is 0 Å². The molecule has 1 amide bonds. The van der Waals surface area contributed by atoms with Crippen molar-refractivity contribution in [2.75, 3.05) is 6.61 Å². The number of thiophene rings is 1. The summed E-state index contributed by atoms with van der Waals surface area (Å²) in [5.41, 5.74) is 1.68. The molecule has 0 saturated heterocycles. The number of hydrogen-bond acceptors (Lipinski definition) is 6. The fraction of sp³-hybridized carbons (Fsp3) is 0.263. The highest BCUT2D eigenvalue weighted by Gasteiger charge is 2.13. The molecule has 0 unspecified atom stereocenters. The smallest absolute Gasteiger partial charge is 0.338 e. The van der Waals surface area contributed by atoms with E-state index in [0.717, 1.165) is 4.88 Å². The maximum Gasteiger partial charge on any atom is 0.338 e. The molecule has 0 fully saturated rings. The topological polar surface area (TPSA) is 90.3 Å². The van der Waals surface area contributed by atoms with Gasteiger partial charge >= 0.3 is 5.97 Å². The number of aryl methyl sites for hydroxylation is 2. The second-order valence-electron chi connectivity index (χ2n) is 5.88. The zero-order valence-corrected chi connectivity index (χ0v) is 15.8. The molecule has 0 radical (unpaired) electrons. The van der Waals surface area contributed by atoms with E-state index in [4.69, 9.17) is 4.74 Å². The average molecular weight is 385 g/mol. The van der Waals surface area contributed by atoms with Crippen molar-refractivity contribution in [3.05, 3.63) is 62.2 Å². The van der Waals surface area contributed by atoms with E-state index < -0.39 is 5.97 Å². The number of carbonyl (C=O) groups excluding carboxylic acids is 2. The summed E-state index contributed by atoms with van der Waals surface area (Å²) >= 11 is 1.54. The van der Waals surface area contributed by atoms with Crippen LogP contribution in [0.25, 0.3) is 11.0 Å². The van der Waals surface area contributed by atoms with Gasteiger partial charge in [-0.1, -0.05) is 6.07 Å². The van der Waals surface area contributed by atoms with Gasteiger partial charge in [-0.25, -0.2) is 9.78 Å². The SMILES string of the molecule is CCn1c(=O)c(C)nc2cc(C(=O)OCC(=O)NCc3cccs3)ccc21. The number of esters is 1. The molecule has 0 aliphatic carbocycles. The number of carbonyl (C=O) groups is 2. The van der Waals surface area contributed by atoms with Crippen LogP contribution in [0.5, 0.6) is 0 Å². The Bertz CT molecular complexity index is 1040. The lowest BCUT2D eigenvalue weighted by Crippen LogP contribution is -2.28. The molecule has 8 heteroatoms. The standard InChI is InChI=1S/C19H19N3O4S/c1-3-22-16-7-6-13(9-15(16)21-12(2)18(22)24)19(25)26-11-17(23)20-10-14-5-4-8-27-14/h4-9H,3,10-11H2,1-2H3,(H,20,23). The fourth-order valence-corrected chi connectivity index (χ4v) is 3.32. The van der Waals surface area contributed by atoms with E-state index >= 15 is 0 Å². The van der Waals surface area contributed by atoms with Crippen LogP contribution in [0.2, 0.25) is 0 Å². The van der Waals surface area contributed by atoms with E-state index in [9.17, 15) is 14.4 Å². The molecule has 1 aromatic carbocycles. The van der Waals surface area contributed by atoms with Crippen molar-refractivity contribution >= 4 is 34.2 Å². The maximum absolute atomic E-state index is 12.2. The first kappa shape index (κ1) is 18.8. The zero-order chi connectivity index (χ0) is 19.4. The maximum atomic E-state index is 12.2. The van der Waals surface area contributed by atoms with Crippen LogP contribution < -0.4 is 10.9 Å². The van der Waals surface area contributed by atoms with Gasteiger partial charge in [-0.05, 0) is 43.5 Å². The predicted molar refractivity (Wildman–Crippen MR) is 103 cm³/mol. The number of ether oxygens (including phenoxy) is 1. The van der Waals surface area contributed by atoms with Gasteiger partial charge in [0.1, 0.15) is 5.69 Å². The van der Waals surface area contributed by atoms with Crippen LogP contribution in [0.15, 0.2) is 40.5 Å². The van der Waals surface area contributed by atoms with Gasteiger partial charge in [0.15, 0.2) is 6.61 Å². The highest BCUT2D eigenvalue weighted by Crippen LogP contribution is 2.14. The summed E-state index contributed by atoms with van der Waals surface area (Å²) < 4.78 is 6.68. The van der Waals surface area contributed by atoms with Crippen molar-refractivity contribution < 1.29 is 14.3 Å². The van der Waals surface area contributed by atoms with Crippen molar-refractivity contribution in [3.8, 4) is 0 Å². The van der Waals surface area contributed by atoms with Gasteiger partial charge in [0, 0.05) is 11.4 Å². The minimum Gasteiger partial charge on any atom is -0.452 e. The summed E-state index contributed by atoms with van der Waals surface area (Å²) in [6, 6.07) is 8.62. The van der Waals surface area contributed by atoms with E-state index in [1.54, 1.807) is 29.7 Å². The number of benzene rings is 1. The van der Waals surface area contributed by atoms with Crippen molar-refractivity contribution in [3.63, 3.8) is 0 Å². The van der Waals surface area contributed by atoms with Crippen LogP contribution in [-0.4, -0.2) is 28.0 Å². The molecule has 2 heterocycles. The minimum absolute atomic E-state index is 0.150. The molecule has 3 rings (SSSR count). The molecule has 0 atom stereocenters. The van der Waals surface area contributed by atoms with Gasteiger partial charge in [0.25, 0.3) is 11.5 Å². The van der Waals surface area contributed by atoms with Crippen molar-refractivity contribution in [1.82, 2.24) is 14.9 Å². The number of amides is 1. The summed E-state index contributed by atoms with van der Waals surface area (Å²) in [6.45, 7) is 4.06. The Labute approximate surface area is 159 Å². The summed E-state index contributed by atoms with van der Waals surface area (Å²) in [6.07, 6.45) is 0. The molecular formula is C19H19N3O4S. The number of nitrogens with zero attached hydrogens (tertiary/aromatic N) is 2. The molecule has 7 nitrogen and oxygen atoms in total. The van der Waals surface area contributed by atoms with Gasteiger partial charge in [-0.15, -0.1) is 11.3 Å². The molecule has 27 heavy (non-hydrogen) atoms. The lowest BCUT2D eigenvalue weighted by Gasteiger charge is -2.10. The summed E-state index contributed by atoms with van der Waals surface area (Å²) in [4.78, 5) is 41.5. The molecule has 0 bridgehead atoms. The van der Waals surface area contributed by atoms with Gasteiger partial charge in [-0.3, -0.25) is 9.59 Å². The highest BCUT2D eigenvalue weighted by molar-refractivity contribution is 7.09. The number of fused-ring (bicyclic) bond motifs is 1. The highest BCUT2D eigenvalue weighted by atomic mass is 32.1. The largest absolute Gasteiger partial charge is 0.452 e. The Morgan fingerprint density at radius 3 is 2.81 bits per heavy atom. The Morgan fingerprint density at radius 2 is 2.11 bits per heavy atom. The number of rotatable bonds is 6. The first-order valence-electron chi connectivity index (χ1n) is 8.47. The van der Waals surface area contributed by atoms with Gasteiger partial charge < -0.3 is 14.6 Å². The second kappa shape index (κ2) is 8.13. The first-order valence-corrected chi connectivity index (χ1v) is 9.35. The molecule has 3 aromatic rings. The molecule has 140 valence electrons. The summed E-state index contributed by atoms with van der Waals surface area (Å²) in [5, 5.41) is 4.62. The van der Waals surface area contributed by atoms with Crippen LogP contribution >= 0.6 is 11.3 Å². The Balaban J connectivity index is 1.67. The van der Waals surface area contributed by atoms with E-state index in [2.05, 4.69) is 10.3 Å². The number of nitrogens with one attached hydrogen (secondary N) is 1. The van der Waals surface area contributed by atoms with Crippen LogP contribution in [0.1, 0.15) is 27.9 Å². The summed E-state index contributed by atoms with van der Waals surface area (Å²) in [5.74, 6) is -0.983. The van der Waals surface area contributed by atoms with E-state index in [-0.39, 0.29) is 23.6 Å². The third kappa shape index (κ3) is 4.22. The molecule has 2 aromatic heterocycles. The van der Waals surface area contributed by atoms with Crippen molar-refractivity contribution in [1.29, 1.82) is 0 Å². The van der Waals surface area contributed by atoms with Crippen LogP contribution in [0.3, 0.4) is 0 Å². The molecule has 0 aliphatic heterocycles. The van der Waals surface area contributed by atoms with E-state index in [0.29, 0.717) is 29.8 Å². The predicted octanol–water partition coefficient (Wildman–Crippen LogP) is 2.26. The van der Waals surface area contributed by atoms with Crippen LogP contribution in [-0.2, 0) is 22.6 Å². The van der Waals surface area contributed by atoms with E-state index in [1.165, 1.54) is 11.3 Å². The van der Waals surface area contributed by atoms with E-state index in [1.807, 2.05) is 24.4 Å². The lowest BCUT2D eigenvalue weighted by molar-refractivity contribution is -0.124. The fourth-order valence-electron chi connectivity index (χ4n) is 2.68. The molecule has 1 N–H and O–H groups in total. The zero-order valence-electron chi connectivity index (χ0n) is 15.0. The number of hydrogen-bond donors (Lipinski definition) is 1. The van der Waals surface area contributed by atoms with Crippen molar-refractivity contribution in [2.24, 2.45) is 0 Å². The first-order chi connectivity index (χ1) is 13.0. The van der Waals surface area contributed by atoms with Gasteiger partial charge in [0.2, 0.25) is 0 Å². The van der Waals surface area contributed by atoms with Crippen molar-refractivity contribution in [2.45, 2.75) is 26.9 Å². The van der Waals surface area contributed by atoms with Crippen LogP contribution in [0, 0.1) is 6.92 Å². The molecule has 0 saturated carbocycles. The Kier molecular flexibility index (Phi) is 5.66. The van der Waals surface area contributed by atoms with Gasteiger partial charge in [-0.2, -0.15) is 0 Å². The Hall–Kier alpha value is -3.00. The second-order valence-corrected chi connectivity index (χ2v) is 6.91. The number of aromatic nitrogens is 2. The molecular weight excluding hydrogens is 366 g/mol. The summed E-state index contributed by atoms with van der Waals surface area (Å²) in [7, 11) is 0.